The van der Waals surface area contributed by atoms with E-state index >= 15 is 0 Å². The number of hydrogen-bond acceptors (Lipinski definition) is 5. The lowest BCUT2D eigenvalue weighted by molar-refractivity contribution is 0.248. The summed E-state index contributed by atoms with van der Waals surface area (Å²) in [6, 6.07) is 9.97. The zero-order valence-electron chi connectivity index (χ0n) is 15.9. The molecule has 6 nitrogen and oxygen atoms in total. The van der Waals surface area contributed by atoms with Gasteiger partial charge in [0.05, 0.1) is 5.69 Å². The van der Waals surface area contributed by atoms with Crippen molar-refractivity contribution >= 4 is 5.82 Å². The van der Waals surface area contributed by atoms with Crippen molar-refractivity contribution in [3.8, 4) is 5.82 Å². The normalized spacial score (nSPS) is 15.2. The van der Waals surface area contributed by atoms with Crippen LogP contribution in [0.1, 0.15) is 17.0 Å². The van der Waals surface area contributed by atoms with Gasteiger partial charge in [-0.2, -0.15) is 5.10 Å². The molecule has 3 aromatic rings. The highest BCUT2D eigenvalue weighted by atomic mass is 19.2. The van der Waals surface area contributed by atoms with Crippen LogP contribution in [0.15, 0.2) is 36.4 Å². The van der Waals surface area contributed by atoms with E-state index in [1.807, 2.05) is 32.0 Å². The molecule has 1 fully saturated rings. The summed E-state index contributed by atoms with van der Waals surface area (Å²) in [5.41, 5.74) is 2.74. The number of nitrogens with zero attached hydrogens (tertiary/aromatic N) is 6. The van der Waals surface area contributed by atoms with Crippen molar-refractivity contribution in [3.63, 3.8) is 0 Å². The first-order valence-corrected chi connectivity index (χ1v) is 9.28. The molecule has 3 heterocycles. The van der Waals surface area contributed by atoms with Gasteiger partial charge in [-0.15, -0.1) is 10.2 Å². The third-order valence-electron chi connectivity index (χ3n) is 4.95. The Labute approximate surface area is 162 Å². The van der Waals surface area contributed by atoms with E-state index in [0.29, 0.717) is 12.4 Å². The van der Waals surface area contributed by atoms with Crippen LogP contribution in [0, 0.1) is 25.5 Å². The highest BCUT2D eigenvalue weighted by molar-refractivity contribution is 5.40. The van der Waals surface area contributed by atoms with E-state index in [4.69, 9.17) is 0 Å². The summed E-state index contributed by atoms with van der Waals surface area (Å²) in [6.07, 6.45) is 0. The lowest BCUT2D eigenvalue weighted by atomic mass is 10.2. The summed E-state index contributed by atoms with van der Waals surface area (Å²) in [4.78, 5) is 4.40. The van der Waals surface area contributed by atoms with E-state index in [2.05, 4.69) is 25.1 Å². The standard InChI is InChI=1S/C20H22F2N6/c1-14-11-15(2)28(25-14)20-6-5-19(23-24-20)27-9-7-26(8-10-27)13-16-3-4-17(21)18(22)12-16/h3-6,11-12H,7-10,13H2,1-2H3. The van der Waals surface area contributed by atoms with Crippen LogP contribution in [0.25, 0.3) is 5.82 Å². The number of halogens is 2. The zero-order valence-corrected chi connectivity index (χ0v) is 15.9. The Morgan fingerprint density at radius 2 is 1.57 bits per heavy atom. The first-order chi connectivity index (χ1) is 13.5. The Morgan fingerprint density at radius 3 is 2.18 bits per heavy atom. The average Bonchev–Trinajstić information content (AvgIpc) is 3.04. The molecule has 0 atom stereocenters. The second-order valence-corrected chi connectivity index (χ2v) is 7.10. The van der Waals surface area contributed by atoms with Gasteiger partial charge in [-0.25, -0.2) is 13.5 Å². The van der Waals surface area contributed by atoms with Crippen molar-refractivity contribution in [2.24, 2.45) is 0 Å². The Bertz CT molecular complexity index is 961. The second kappa shape index (κ2) is 7.63. The van der Waals surface area contributed by atoms with Crippen LogP contribution in [0.3, 0.4) is 0 Å². The number of piperazine rings is 1. The van der Waals surface area contributed by atoms with Crippen LogP contribution in [-0.2, 0) is 6.54 Å². The molecule has 0 spiro atoms. The van der Waals surface area contributed by atoms with Crippen LogP contribution in [-0.4, -0.2) is 51.1 Å². The van der Waals surface area contributed by atoms with Crippen LogP contribution < -0.4 is 4.90 Å². The molecule has 0 radical (unpaired) electrons. The minimum atomic E-state index is -0.809. The molecule has 0 amide bonds. The van der Waals surface area contributed by atoms with Gasteiger partial charge in [0.1, 0.15) is 0 Å². The molecule has 0 saturated carbocycles. The largest absolute Gasteiger partial charge is 0.353 e. The van der Waals surface area contributed by atoms with Gasteiger partial charge in [-0.05, 0) is 49.7 Å². The van der Waals surface area contributed by atoms with Gasteiger partial charge >= 0.3 is 0 Å². The van der Waals surface area contributed by atoms with Crippen molar-refractivity contribution in [2.75, 3.05) is 31.1 Å². The van der Waals surface area contributed by atoms with Crippen molar-refractivity contribution in [1.82, 2.24) is 24.9 Å². The summed E-state index contributed by atoms with van der Waals surface area (Å²) in [7, 11) is 0. The molecule has 1 aliphatic rings. The highest BCUT2D eigenvalue weighted by Crippen LogP contribution is 2.17. The molecule has 28 heavy (non-hydrogen) atoms. The van der Waals surface area contributed by atoms with E-state index in [1.54, 1.807) is 10.7 Å². The van der Waals surface area contributed by atoms with Gasteiger partial charge in [0.15, 0.2) is 23.3 Å². The summed E-state index contributed by atoms with van der Waals surface area (Å²) >= 11 is 0. The highest BCUT2D eigenvalue weighted by Gasteiger charge is 2.19. The van der Waals surface area contributed by atoms with Gasteiger partial charge in [0.25, 0.3) is 0 Å². The molecule has 0 bridgehead atoms. The molecule has 0 aliphatic carbocycles. The fourth-order valence-corrected chi connectivity index (χ4v) is 3.49. The molecular formula is C20H22F2N6. The number of aromatic nitrogens is 4. The second-order valence-electron chi connectivity index (χ2n) is 7.10. The molecule has 2 aromatic heterocycles. The van der Waals surface area contributed by atoms with Crippen LogP contribution in [0.5, 0.6) is 0 Å². The molecular weight excluding hydrogens is 362 g/mol. The van der Waals surface area contributed by atoms with Gasteiger partial charge in [-0.3, -0.25) is 4.90 Å². The maximum absolute atomic E-state index is 13.4. The Balaban J connectivity index is 1.37. The van der Waals surface area contributed by atoms with Gasteiger partial charge in [0, 0.05) is 38.4 Å². The first kappa shape index (κ1) is 18.5. The molecule has 0 N–H and O–H groups in total. The van der Waals surface area contributed by atoms with E-state index in [-0.39, 0.29) is 0 Å². The van der Waals surface area contributed by atoms with Gasteiger partial charge in [-0.1, -0.05) is 6.07 Å². The fraction of sp³-hybridized carbons (Fsp3) is 0.350. The summed E-state index contributed by atoms with van der Waals surface area (Å²) in [6.45, 7) is 7.79. The third kappa shape index (κ3) is 3.87. The summed E-state index contributed by atoms with van der Waals surface area (Å²) < 4.78 is 28.2. The number of hydrogen-bond donors (Lipinski definition) is 0. The van der Waals surface area contributed by atoms with Crippen molar-refractivity contribution in [3.05, 3.63) is 65.0 Å². The SMILES string of the molecule is Cc1cc(C)n(-c2ccc(N3CCN(Cc4ccc(F)c(F)c4)CC3)nn2)n1. The van der Waals surface area contributed by atoms with Crippen LogP contribution in [0.2, 0.25) is 0 Å². The smallest absolute Gasteiger partial charge is 0.176 e. The Morgan fingerprint density at radius 1 is 0.857 bits per heavy atom. The Kier molecular flexibility index (Phi) is 5.04. The average molecular weight is 384 g/mol. The minimum absolute atomic E-state index is 0.605. The van der Waals surface area contributed by atoms with Crippen molar-refractivity contribution in [1.29, 1.82) is 0 Å². The van der Waals surface area contributed by atoms with E-state index in [0.717, 1.165) is 48.9 Å². The van der Waals surface area contributed by atoms with E-state index < -0.39 is 11.6 Å². The maximum atomic E-state index is 13.4. The molecule has 1 saturated heterocycles. The number of anilines is 1. The maximum Gasteiger partial charge on any atom is 0.176 e. The quantitative estimate of drug-likeness (QED) is 0.692. The number of benzene rings is 1. The number of rotatable bonds is 4. The Hall–Kier alpha value is -2.87. The van der Waals surface area contributed by atoms with Crippen molar-refractivity contribution < 1.29 is 8.78 Å². The predicted molar refractivity (Wildman–Crippen MR) is 102 cm³/mol. The third-order valence-corrected chi connectivity index (χ3v) is 4.95. The topological polar surface area (TPSA) is 50.1 Å². The van der Waals surface area contributed by atoms with Gasteiger partial charge in [0.2, 0.25) is 0 Å². The lowest BCUT2D eigenvalue weighted by Crippen LogP contribution is -2.46. The monoisotopic (exact) mass is 384 g/mol. The van der Waals surface area contributed by atoms with E-state index in [9.17, 15) is 8.78 Å². The molecule has 146 valence electrons. The first-order valence-electron chi connectivity index (χ1n) is 9.28. The van der Waals surface area contributed by atoms with E-state index in [1.165, 1.54) is 12.1 Å². The summed E-state index contributed by atoms with van der Waals surface area (Å²) in [5.74, 6) is -0.0748. The van der Waals surface area contributed by atoms with Crippen LogP contribution >= 0.6 is 0 Å². The molecule has 1 aliphatic heterocycles. The summed E-state index contributed by atoms with van der Waals surface area (Å²) in [5, 5.41) is 13.1. The molecule has 4 rings (SSSR count). The minimum Gasteiger partial charge on any atom is -0.353 e. The molecule has 8 heteroatoms. The lowest BCUT2D eigenvalue weighted by Gasteiger charge is -2.35. The van der Waals surface area contributed by atoms with Gasteiger partial charge < -0.3 is 4.90 Å². The predicted octanol–water partition coefficient (Wildman–Crippen LogP) is 2.88. The van der Waals surface area contributed by atoms with Crippen LogP contribution in [0.4, 0.5) is 14.6 Å². The molecule has 0 unspecified atom stereocenters. The number of aryl methyl sites for hydroxylation is 2. The zero-order chi connectivity index (χ0) is 19.7. The molecule has 1 aromatic carbocycles. The fourth-order valence-electron chi connectivity index (χ4n) is 3.49. The van der Waals surface area contributed by atoms with Crippen molar-refractivity contribution in [2.45, 2.75) is 20.4 Å².